The number of thiophene rings is 1. The summed E-state index contributed by atoms with van der Waals surface area (Å²) in [5, 5.41) is 3.94. The number of nitrogens with zero attached hydrogens (tertiary/aromatic N) is 1. The van der Waals surface area contributed by atoms with Gasteiger partial charge >= 0.3 is 0 Å². The van der Waals surface area contributed by atoms with Gasteiger partial charge in [0.15, 0.2) is 9.84 Å². The predicted octanol–water partition coefficient (Wildman–Crippen LogP) is 6.41. The molecule has 2 heterocycles. The van der Waals surface area contributed by atoms with E-state index < -0.39 is 26.4 Å². The average molecular weight is 519 g/mol. The van der Waals surface area contributed by atoms with Gasteiger partial charge in [-0.15, -0.1) is 11.3 Å². The van der Waals surface area contributed by atoms with Gasteiger partial charge in [0.2, 0.25) is 11.8 Å². The fraction of sp³-hybridized carbons (Fsp3) is 0.167. The molecule has 0 atom stereocenters. The van der Waals surface area contributed by atoms with Gasteiger partial charge in [-0.3, -0.25) is 4.79 Å². The van der Waals surface area contributed by atoms with Gasteiger partial charge in [0.1, 0.15) is 5.75 Å². The summed E-state index contributed by atoms with van der Waals surface area (Å²) >= 11 is 7.11. The lowest BCUT2D eigenvalue weighted by atomic mass is 10.0. The number of sulfone groups is 1. The lowest BCUT2D eigenvalue weighted by molar-refractivity contribution is 0.103. The van der Waals surface area contributed by atoms with Crippen molar-refractivity contribution in [3.05, 3.63) is 82.1 Å². The molecule has 10 heteroatoms. The molecule has 0 aliphatic carbocycles. The van der Waals surface area contributed by atoms with Crippen LogP contribution in [0.15, 0.2) is 60.7 Å². The molecule has 34 heavy (non-hydrogen) atoms. The largest absolute Gasteiger partial charge is 0.439 e. The standard InChI is InChI=1S/C24H20ClFN2O4S2/c1-24(2,34(3,30)31)15-4-9-19-14(10-15)11-20(33-19)23(29)27-17-12-21(26)28-22(13-17)32-18-7-5-16(25)6-8-18/h4-13H,1-3H3,(H,27,28,29). The molecule has 0 bridgehead atoms. The Morgan fingerprint density at radius 1 is 1.09 bits per heavy atom. The van der Waals surface area contributed by atoms with E-state index in [1.807, 2.05) is 0 Å². The second kappa shape index (κ2) is 8.98. The van der Waals surface area contributed by atoms with Crippen LogP contribution in [0.4, 0.5) is 10.1 Å². The molecule has 0 radical (unpaired) electrons. The fourth-order valence-corrected chi connectivity index (χ4v) is 4.78. The van der Waals surface area contributed by atoms with E-state index in [1.54, 1.807) is 62.4 Å². The van der Waals surface area contributed by atoms with Gasteiger partial charge in [-0.1, -0.05) is 17.7 Å². The molecule has 4 rings (SSSR count). The normalized spacial score (nSPS) is 12.0. The van der Waals surface area contributed by atoms with Crippen molar-refractivity contribution in [1.82, 2.24) is 4.98 Å². The Morgan fingerprint density at radius 2 is 1.79 bits per heavy atom. The van der Waals surface area contributed by atoms with Gasteiger partial charge < -0.3 is 10.1 Å². The van der Waals surface area contributed by atoms with Crippen molar-refractivity contribution in [3.8, 4) is 11.6 Å². The number of benzene rings is 2. The molecule has 6 nitrogen and oxygen atoms in total. The highest BCUT2D eigenvalue weighted by Gasteiger charge is 2.32. The zero-order chi connectivity index (χ0) is 24.7. The molecule has 1 N–H and O–H groups in total. The predicted molar refractivity (Wildman–Crippen MR) is 133 cm³/mol. The minimum absolute atomic E-state index is 0.0263. The third kappa shape index (κ3) is 5.06. The van der Waals surface area contributed by atoms with Crippen molar-refractivity contribution in [3.63, 3.8) is 0 Å². The average Bonchev–Trinajstić information content (AvgIpc) is 3.18. The van der Waals surface area contributed by atoms with Crippen LogP contribution in [0.1, 0.15) is 29.1 Å². The van der Waals surface area contributed by atoms with E-state index in [-0.39, 0.29) is 11.6 Å². The number of fused-ring (bicyclic) bond motifs is 1. The Balaban J connectivity index is 1.57. The highest BCUT2D eigenvalue weighted by atomic mass is 35.5. The smallest absolute Gasteiger partial charge is 0.265 e. The molecule has 0 saturated heterocycles. The van der Waals surface area contributed by atoms with Crippen LogP contribution in [0.2, 0.25) is 5.02 Å². The number of pyridine rings is 1. The maximum absolute atomic E-state index is 14.1. The van der Waals surface area contributed by atoms with Gasteiger partial charge in [0.25, 0.3) is 5.91 Å². The summed E-state index contributed by atoms with van der Waals surface area (Å²) in [6.45, 7) is 3.29. The van der Waals surface area contributed by atoms with Gasteiger partial charge in [-0.25, -0.2) is 8.42 Å². The van der Waals surface area contributed by atoms with Crippen molar-refractivity contribution in [2.45, 2.75) is 18.6 Å². The summed E-state index contributed by atoms with van der Waals surface area (Å²) in [5.41, 5.74) is 0.810. The molecule has 0 unspecified atom stereocenters. The molecule has 0 aliphatic heterocycles. The van der Waals surface area contributed by atoms with Crippen LogP contribution in [-0.2, 0) is 14.6 Å². The Bertz CT molecular complexity index is 1500. The minimum Gasteiger partial charge on any atom is -0.439 e. The molecular weight excluding hydrogens is 499 g/mol. The van der Waals surface area contributed by atoms with E-state index in [4.69, 9.17) is 16.3 Å². The highest BCUT2D eigenvalue weighted by molar-refractivity contribution is 7.91. The van der Waals surface area contributed by atoms with Gasteiger partial charge in [-0.2, -0.15) is 9.37 Å². The lowest BCUT2D eigenvalue weighted by Crippen LogP contribution is -2.27. The Hall–Kier alpha value is -3.01. The first-order valence-corrected chi connectivity index (χ1v) is 13.2. The van der Waals surface area contributed by atoms with Crippen LogP contribution >= 0.6 is 22.9 Å². The van der Waals surface area contributed by atoms with Crippen LogP contribution in [0.3, 0.4) is 0 Å². The van der Waals surface area contributed by atoms with Crippen molar-refractivity contribution < 1.29 is 22.3 Å². The Kier molecular flexibility index (Phi) is 6.37. The maximum atomic E-state index is 14.1. The number of ether oxygens (including phenoxy) is 1. The molecule has 1 amide bonds. The molecule has 0 saturated carbocycles. The summed E-state index contributed by atoms with van der Waals surface area (Å²) < 4.78 is 43.7. The van der Waals surface area contributed by atoms with Crippen molar-refractivity contribution in [1.29, 1.82) is 0 Å². The number of nitrogens with one attached hydrogen (secondary N) is 1. The molecule has 2 aromatic heterocycles. The molecule has 4 aromatic rings. The van der Waals surface area contributed by atoms with E-state index in [2.05, 4.69) is 10.3 Å². The van der Waals surface area contributed by atoms with Gasteiger partial charge in [-0.05, 0) is 67.3 Å². The zero-order valence-corrected chi connectivity index (χ0v) is 20.8. The number of anilines is 1. The summed E-state index contributed by atoms with van der Waals surface area (Å²) in [6.07, 6.45) is 1.20. The van der Waals surface area contributed by atoms with Crippen molar-refractivity contribution >= 4 is 54.5 Å². The SMILES string of the molecule is CC(C)(c1ccc2sc(C(=O)Nc3cc(F)nc(Oc4ccc(Cl)cc4)c3)cc2c1)S(C)(=O)=O. The van der Waals surface area contributed by atoms with E-state index in [0.29, 0.717) is 21.2 Å². The van der Waals surface area contributed by atoms with Gasteiger partial charge in [0.05, 0.1) is 15.3 Å². The van der Waals surface area contributed by atoms with Crippen molar-refractivity contribution in [2.24, 2.45) is 0 Å². The van der Waals surface area contributed by atoms with Crippen molar-refractivity contribution in [2.75, 3.05) is 11.6 Å². The molecule has 0 spiro atoms. The quantitative estimate of drug-likeness (QED) is 0.298. The number of rotatable bonds is 6. The number of amides is 1. The number of hydrogen-bond acceptors (Lipinski definition) is 6. The van der Waals surface area contributed by atoms with Crippen LogP contribution < -0.4 is 10.1 Å². The Morgan fingerprint density at radius 3 is 2.47 bits per heavy atom. The summed E-state index contributed by atoms with van der Waals surface area (Å²) in [5.74, 6) is -0.863. The number of aromatic nitrogens is 1. The number of hydrogen-bond donors (Lipinski definition) is 1. The lowest BCUT2D eigenvalue weighted by Gasteiger charge is -2.23. The summed E-state index contributed by atoms with van der Waals surface area (Å²) in [6, 6.07) is 16.0. The summed E-state index contributed by atoms with van der Waals surface area (Å²) in [7, 11) is -3.34. The first-order chi connectivity index (χ1) is 15.9. The Labute approximate surface area is 205 Å². The second-order valence-corrected chi connectivity index (χ2v) is 12.3. The fourth-order valence-electron chi connectivity index (χ4n) is 3.16. The molecular formula is C24H20ClFN2O4S2. The first kappa shape index (κ1) is 24.1. The molecule has 0 aliphatic rings. The van der Waals surface area contributed by atoms with E-state index in [9.17, 15) is 17.6 Å². The number of carbonyl (C=O) groups excluding carboxylic acids is 1. The topological polar surface area (TPSA) is 85.4 Å². The highest BCUT2D eigenvalue weighted by Crippen LogP contribution is 2.34. The third-order valence-electron chi connectivity index (χ3n) is 5.43. The maximum Gasteiger partial charge on any atom is 0.265 e. The molecule has 0 fully saturated rings. The van der Waals surface area contributed by atoms with Crippen LogP contribution in [0, 0.1) is 5.95 Å². The van der Waals surface area contributed by atoms with Crippen LogP contribution in [0.5, 0.6) is 11.6 Å². The number of carbonyl (C=O) groups is 1. The van der Waals surface area contributed by atoms with E-state index >= 15 is 0 Å². The molecule has 2 aromatic carbocycles. The van der Waals surface area contributed by atoms with E-state index in [1.165, 1.54) is 23.7 Å². The second-order valence-electron chi connectivity index (χ2n) is 8.17. The minimum atomic E-state index is -3.34. The van der Waals surface area contributed by atoms with Crippen LogP contribution in [-0.4, -0.2) is 25.6 Å². The monoisotopic (exact) mass is 518 g/mol. The first-order valence-electron chi connectivity index (χ1n) is 10.1. The van der Waals surface area contributed by atoms with Crippen LogP contribution in [0.25, 0.3) is 10.1 Å². The molecule has 176 valence electrons. The third-order valence-corrected chi connectivity index (χ3v) is 8.88. The van der Waals surface area contributed by atoms with Gasteiger partial charge in [0, 0.05) is 28.1 Å². The van der Waals surface area contributed by atoms with E-state index in [0.717, 1.165) is 16.2 Å². The zero-order valence-electron chi connectivity index (χ0n) is 18.4. The summed E-state index contributed by atoms with van der Waals surface area (Å²) in [4.78, 5) is 16.9. The number of halogens is 2.